The molecule has 0 aliphatic rings. The SMILES string of the molecule is CCOC(=O)C(C)NC(=O)c1cc2ccccc2cc1O. The number of hydrogen-bond acceptors (Lipinski definition) is 4. The predicted octanol–water partition coefficient (Wildman–Crippen LogP) is 2.23. The van der Waals surface area contributed by atoms with Gasteiger partial charge in [0, 0.05) is 0 Å². The Labute approximate surface area is 122 Å². The molecule has 0 spiro atoms. The fourth-order valence-corrected chi connectivity index (χ4v) is 2.01. The molecule has 1 atom stereocenters. The molecular formula is C16H17NO4. The van der Waals surface area contributed by atoms with Crippen molar-refractivity contribution in [1.82, 2.24) is 5.32 Å². The van der Waals surface area contributed by atoms with E-state index >= 15 is 0 Å². The summed E-state index contributed by atoms with van der Waals surface area (Å²) in [5.74, 6) is -1.15. The Balaban J connectivity index is 2.23. The Kier molecular flexibility index (Phi) is 4.42. The van der Waals surface area contributed by atoms with Crippen LogP contribution in [0, 0.1) is 0 Å². The van der Waals surface area contributed by atoms with Gasteiger partial charge < -0.3 is 15.2 Å². The lowest BCUT2D eigenvalue weighted by Crippen LogP contribution is -2.39. The summed E-state index contributed by atoms with van der Waals surface area (Å²) in [5, 5.41) is 14.1. The van der Waals surface area contributed by atoms with Crippen LogP contribution in [0.5, 0.6) is 5.75 Å². The number of amides is 1. The topological polar surface area (TPSA) is 75.6 Å². The smallest absolute Gasteiger partial charge is 0.328 e. The minimum atomic E-state index is -0.775. The Bertz CT molecular complexity index is 681. The van der Waals surface area contributed by atoms with E-state index in [2.05, 4.69) is 5.32 Å². The van der Waals surface area contributed by atoms with E-state index in [-0.39, 0.29) is 17.9 Å². The summed E-state index contributed by atoms with van der Waals surface area (Å²) in [7, 11) is 0. The molecule has 21 heavy (non-hydrogen) atoms. The zero-order chi connectivity index (χ0) is 15.4. The van der Waals surface area contributed by atoms with Crippen molar-refractivity contribution in [2.75, 3.05) is 6.61 Å². The third-order valence-corrected chi connectivity index (χ3v) is 3.10. The zero-order valence-electron chi connectivity index (χ0n) is 11.9. The van der Waals surface area contributed by atoms with Crippen molar-refractivity contribution < 1.29 is 19.4 Å². The molecule has 2 N–H and O–H groups in total. The van der Waals surface area contributed by atoms with Crippen LogP contribution in [0.3, 0.4) is 0 Å². The number of hydrogen-bond donors (Lipinski definition) is 2. The highest BCUT2D eigenvalue weighted by Crippen LogP contribution is 2.24. The first-order valence-corrected chi connectivity index (χ1v) is 6.72. The number of rotatable bonds is 4. The molecule has 1 unspecified atom stereocenters. The molecule has 5 heteroatoms. The largest absolute Gasteiger partial charge is 0.507 e. The molecule has 0 heterocycles. The number of esters is 1. The van der Waals surface area contributed by atoms with Crippen molar-refractivity contribution >= 4 is 22.6 Å². The van der Waals surface area contributed by atoms with Gasteiger partial charge in [0.25, 0.3) is 5.91 Å². The van der Waals surface area contributed by atoms with Gasteiger partial charge in [0.2, 0.25) is 0 Å². The van der Waals surface area contributed by atoms with Crippen LogP contribution in [0.15, 0.2) is 36.4 Å². The van der Waals surface area contributed by atoms with Crippen molar-refractivity contribution in [3.63, 3.8) is 0 Å². The van der Waals surface area contributed by atoms with Gasteiger partial charge in [-0.25, -0.2) is 4.79 Å². The fourth-order valence-electron chi connectivity index (χ4n) is 2.01. The molecule has 5 nitrogen and oxygen atoms in total. The van der Waals surface area contributed by atoms with Crippen molar-refractivity contribution in [1.29, 1.82) is 0 Å². The second kappa shape index (κ2) is 6.26. The van der Waals surface area contributed by atoms with Crippen LogP contribution in [0.2, 0.25) is 0 Å². The first-order valence-electron chi connectivity index (χ1n) is 6.72. The normalized spacial score (nSPS) is 11.9. The molecule has 2 aromatic carbocycles. The van der Waals surface area contributed by atoms with Gasteiger partial charge >= 0.3 is 5.97 Å². The maximum Gasteiger partial charge on any atom is 0.328 e. The van der Waals surface area contributed by atoms with Gasteiger partial charge in [0.05, 0.1) is 12.2 Å². The molecule has 1 amide bonds. The Morgan fingerprint density at radius 2 is 1.86 bits per heavy atom. The summed E-state index contributed by atoms with van der Waals surface area (Å²) in [6.07, 6.45) is 0. The van der Waals surface area contributed by atoms with E-state index in [1.165, 1.54) is 13.0 Å². The molecular weight excluding hydrogens is 270 g/mol. The molecule has 2 rings (SSSR count). The van der Waals surface area contributed by atoms with Gasteiger partial charge in [-0.3, -0.25) is 4.79 Å². The first-order chi connectivity index (χ1) is 10.0. The highest BCUT2D eigenvalue weighted by molar-refractivity contribution is 6.02. The van der Waals surface area contributed by atoms with E-state index < -0.39 is 17.9 Å². The van der Waals surface area contributed by atoms with Gasteiger partial charge in [-0.05, 0) is 36.8 Å². The van der Waals surface area contributed by atoms with Crippen LogP contribution >= 0.6 is 0 Å². The van der Waals surface area contributed by atoms with E-state index in [9.17, 15) is 14.7 Å². The number of phenolic OH excluding ortho intramolecular Hbond substituents is 1. The number of nitrogens with one attached hydrogen (secondary N) is 1. The molecule has 0 saturated heterocycles. The van der Waals surface area contributed by atoms with E-state index in [0.717, 1.165) is 10.8 Å². The number of phenols is 1. The van der Waals surface area contributed by atoms with Crippen LogP contribution in [-0.4, -0.2) is 29.6 Å². The maximum absolute atomic E-state index is 12.1. The van der Waals surface area contributed by atoms with Crippen LogP contribution in [0.25, 0.3) is 10.8 Å². The quantitative estimate of drug-likeness (QED) is 0.845. The number of ether oxygens (including phenoxy) is 1. The van der Waals surface area contributed by atoms with Gasteiger partial charge in [-0.15, -0.1) is 0 Å². The Morgan fingerprint density at radius 3 is 2.48 bits per heavy atom. The minimum Gasteiger partial charge on any atom is -0.507 e. The lowest BCUT2D eigenvalue weighted by molar-refractivity contribution is -0.144. The zero-order valence-corrected chi connectivity index (χ0v) is 11.9. The number of carbonyl (C=O) groups is 2. The van der Waals surface area contributed by atoms with E-state index in [4.69, 9.17) is 4.74 Å². The van der Waals surface area contributed by atoms with Gasteiger partial charge in [0.1, 0.15) is 11.8 Å². The standard InChI is InChI=1S/C16H17NO4/c1-3-21-16(20)10(2)17-15(19)13-8-11-6-4-5-7-12(11)9-14(13)18/h4-10,18H,3H2,1-2H3,(H,17,19). The molecule has 0 bridgehead atoms. The monoisotopic (exact) mass is 287 g/mol. The van der Waals surface area contributed by atoms with Crippen molar-refractivity contribution in [2.24, 2.45) is 0 Å². The Morgan fingerprint density at radius 1 is 1.24 bits per heavy atom. The molecule has 0 fully saturated rings. The van der Waals surface area contributed by atoms with Gasteiger partial charge in [0.15, 0.2) is 0 Å². The number of fused-ring (bicyclic) bond motifs is 1. The summed E-state index contributed by atoms with van der Waals surface area (Å²) in [6.45, 7) is 3.48. The highest BCUT2D eigenvalue weighted by atomic mass is 16.5. The second-order valence-electron chi connectivity index (χ2n) is 4.66. The molecule has 0 aliphatic heterocycles. The van der Waals surface area contributed by atoms with Gasteiger partial charge in [-0.2, -0.15) is 0 Å². The van der Waals surface area contributed by atoms with Crippen molar-refractivity contribution in [3.05, 3.63) is 42.0 Å². The summed E-state index contributed by atoms with van der Waals surface area (Å²) in [5.41, 5.74) is 0.129. The average Bonchev–Trinajstić information content (AvgIpc) is 2.46. The number of benzene rings is 2. The first kappa shape index (κ1) is 14.8. The molecule has 0 saturated carbocycles. The van der Waals surface area contributed by atoms with Gasteiger partial charge in [-0.1, -0.05) is 24.3 Å². The average molecular weight is 287 g/mol. The van der Waals surface area contributed by atoms with Crippen LogP contribution in [0.1, 0.15) is 24.2 Å². The number of aromatic hydroxyl groups is 1. The fraction of sp³-hybridized carbons (Fsp3) is 0.250. The molecule has 0 aromatic heterocycles. The van der Waals surface area contributed by atoms with Crippen LogP contribution < -0.4 is 5.32 Å². The lowest BCUT2D eigenvalue weighted by atomic mass is 10.1. The highest BCUT2D eigenvalue weighted by Gasteiger charge is 2.19. The summed E-state index contributed by atoms with van der Waals surface area (Å²) in [4.78, 5) is 23.7. The summed E-state index contributed by atoms with van der Waals surface area (Å²) < 4.78 is 4.82. The summed E-state index contributed by atoms with van der Waals surface area (Å²) in [6, 6.07) is 9.74. The van der Waals surface area contributed by atoms with Crippen molar-refractivity contribution in [2.45, 2.75) is 19.9 Å². The third-order valence-electron chi connectivity index (χ3n) is 3.10. The second-order valence-corrected chi connectivity index (χ2v) is 4.66. The van der Waals surface area contributed by atoms with Crippen molar-refractivity contribution in [3.8, 4) is 5.75 Å². The Hall–Kier alpha value is -2.56. The van der Waals surface area contributed by atoms with Crippen LogP contribution in [0.4, 0.5) is 0 Å². The summed E-state index contributed by atoms with van der Waals surface area (Å²) >= 11 is 0. The lowest BCUT2D eigenvalue weighted by Gasteiger charge is -2.13. The predicted molar refractivity (Wildman–Crippen MR) is 79.2 cm³/mol. The molecule has 0 radical (unpaired) electrons. The van der Waals surface area contributed by atoms with E-state index in [1.807, 2.05) is 24.3 Å². The number of carbonyl (C=O) groups excluding carboxylic acids is 2. The van der Waals surface area contributed by atoms with E-state index in [1.54, 1.807) is 13.0 Å². The van der Waals surface area contributed by atoms with Crippen LogP contribution in [-0.2, 0) is 9.53 Å². The minimum absolute atomic E-state index is 0.123. The van der Waals surface area contributed by atoms with E-state index in [0.29, 0.717) is 0 Å². The third kappa shape index (κ3) is 3.31. The molecule has 2 aromatic rings. The molecule has 110 valence electrons. The molecule has 0 aliphatic carbocycles. The maximum atomic E-state index is 12.1.